The van der Waals surface area contributed by atoms with Crippen LogP contribution >= 0.6 is 7.82 Å². The summed E-state index contributed by atoms with van der Waals surface area (Å²) in [5.41, 5.74) is 4.16. The van der Waals surface area contributed by atoms with E-state index in [1.165, 1.54) is 30.0 Å². The largest absolute Gasteiger partial charge is 0.471 e. The van der Waals surface area contributed by atoms with Crippen LogP contribution in [0.1, 0.15) is 42.3 Å². The van der Waals surface area contributed by atoms with Gasteiger partial charge in [0.25, 0.3) is 0 Å². The Bertz CT molecular complexity index is 1500. The Balaban J connectivity index is 1.31. The highest BCUT2D eigenvalue weighted by Gasteiger charge is 2.54. The molecule has 9 nitrogen and oxygen atoms in total. The van der Waals surface area contributed by atoms with Crippen LogP contribution in [-0.4, -0.2) is 29.8 Å². The normalized spacial score (nSPS) is 27.8. The first-order valence-electron chi connectivity index (χ1n) is 11.4. The number of aromatic amines is 1. The fourth-order valence-corrected chi connectivity index (χ4v) is 7.17. The smallest absolute Gasteiger partial charge is 0.375 e. The molecule has 2 saturated carbocycles. The number of fused-ring (bicyclic) bond motifs is 10. The summed E-state index contributed by atoms with van der Waals surface area (Å²) in [6, 6.07) is 7.41. The molecule has 2 aromatic carbocycles. The fourth-order valence-electron chi connectivity index (χ4n) is 6.91. The third-order valence-electron chi connectivity index (χ3n) is 8.11. The van der Waals surface area contributed by atoms with E-state index in [1.807, 2.05) is 24.4 Å². The number of hydrogen-bond donors (Lipinski definition) is 4. The van der Waals surface area contributed by atoms with E-state index < -0.39 is 7.82 Å². The summed E-state index contributed by atoms with van der Waals surface area (Å²) in [5.74, 6) is 1.51. The van der Waals surface area contributed by atoms with Crippen LogP contribution in [0.4, 0.5) is 10.1 Å². The molecule has 11 heteroatoms. The number of phosphoric ester groups is 1. The third-order valence-corrected chi connectivity index (χ3v) is 8.56. The quantitative estimate of drug-likeness (QED) is 0.317. The molecular formula is C23H23FN5O4P. The van der Waals surface area contributed by atoms with Crippen molar-refractivity contribution in [1.82, 2.24) is 20.0 Å². The summed E-state index contributed by atoms with van der Waals surface area (Å²) in [6.07, 6.45) is 7.02. The number of phosphoric acid groups is 1. The number of nitrogens with zero attached hydrogens (tertiary/aromatic N) is 3. The Hall–Kier alpha value is -2.78. The lowest BCUT2D eigenvalue weighted by molar-refractivity contribution is 0.148. The van der Waals surface area contributed by atoms with Crippen molar-refractivity contribution in [2.45, 2.75) is 38.0 Å². The van der Waals surface area contributed by atoms with Crippen molar-refractivity contribution in [2.24, 2.45) is 17.8 Å². The van der Waals surface area contributed by atoms with E-state index in [2.05, 4.69) is 25.1 Å². The summed E-state index contributed by atoms with van der Waals surface area (Å²) in [5, 5.41) is 16.7. The molecule has 2 aliphatic carbocycles. The van der Waals surface area contributed by atoms with Crippen molar-refractivity contribution in [2.75, 3.05) is 5.32 Å². The summed E-state index contributed by atoms with van der Waals surface area (Å²) in [7, 11) is -4.60. The number of aromatic nitrogens is 4. The van der Waals surface area contributed by atoms with Crippen LogP contribution in [0.3, 0.4) is 0 Å². The van der Waals surface area contributed by atoms with Crippen LogP contribution in [0.5, 0.6) is 0 Å². The maximum Gasteiger partial charge on any atom is 0.471 e. The number of rotatable bonds is 4. The lowest BCUT2D eigenvalue weighted by atomic mass is 9.67. The van der Waals surface area contributed by atoms with E-state index >= 15 is 4.39 Å². The van der Waals surface area contributed by atoms with Gasteiger partial charge in [0, 0.05) is 16.8 Å². The summed E-state index contributed by atoms with van der Waals surface area (Å²) >= 11 is 0. The Kier molecular flexibility index (Phi) is 4.31. The van der Waals surface area contributed by atoms with Crippen molar-refractivity contribution < 1.29 is 23.3 Å². The number of benzene rings is 2. The SMILES string of the molecule is O=P(O)(O)OCn1ncc2cc([C@@H]3Nc4c(F)cc5[nH]ncc5c4[C@H]4C5CCC(C5)[C@@H]34)ccc21. The van der Waals surface area contributed by atoms with Crippen LogP contribution in [0.25, 0.3) is 21.8 Å². The van der Waals surface area contributed by atoms with Gasteiger partial charge >= 0.3 is 7.82 Å². The molecule has 2 aromatic heterocycles. The van der Waals surface area contributed by atoms with E-state index in [0.717, 1.165) is 27.4 Å². The first-order chi connectivity index (χ1) is 16.4. The molecule has 3 aliphatic rings. The Morgan fingerprint density at radius 1 is 1.21 bits per heavy atom. The minimum atomic E-state index is -4.60. The minimum Gasteiger partial charge on any atom is -0.375 e. The first kappa shape index (κ1) is 20.6. The average molecular weight is 483 g/mol. The molecule has 5 atom stereocenters. The molecule has 4 N–H and O–H groups in total. The second kappa shape index (κ2) is 7.11. The molecule has 176 valence electrons. The molecule has 4 aromatic rings. The molecule has 1 aliphatic heterocycles. The zero-order valence-corrected chi connectivity index (χ0v) is 19.0. The highest BCUT2D eigenvalue weighted by Crippen LogP contribution is 2.64. The van der Waals surface area contributed by atoms with Crippen molar-refractivity contribution >= 4 is 35.3 Å². The molecular weight excluding hydrogens is 460 g/mol. The van der Waals surface area contributed by atoms with Gasteiger partial charge in [0.2, 0.25) is 0 Å². The molecule has 2 fully saturated rings. The predicted octanol–water partition coefficient (Wildman–Crippen LogP) is 4.42. The number of anilines is 1. The number of halogens is 1. The lowest BCUT2D eigenvalue weighted by Gasteiger charge is -2.43. The van der Waals surface area contributed by atoms with Gasteiger partial charge in [0.05, 0.1) is 35.2 Å². The Morgan fingerprint density at radius 3 is 2.91 bits per heavy atom. The first-order valence-corrected chi connectivity index (χ1v) is 13.0. The molecule has 2 unspecified atom stereocenters. The molecule has 0 amide bonds. The van der Waals surface area contributed by atoms with E-state index in [1.54, 1.807) is 6.20 Å². The van der Waals surface area contributed by atoms with Gasteiger partial charge in [-0.3, -0.25) is 9.62 Å². The van der Waals surface area contributed by atoms with Crippen molar-refractivity contribution in [3.63, 3.8) is 0 Å². The zero-order valence-electron chi connectivity index (χ0n) is 18.1. The molecule has 3 heterocycles. The van der Waals surface area contributed by atoms with Gasteiger partial charge < -0.3 is 15.1 Å². The number of nitrogens with one attached hydrogen (secondary N) is 2. The summed E-state index contributed by atoms with van der Waals surface area (Å²) in [4.78, 5) is 18.0. The van der Waals surface area contributed by atoms with Gasteiger partial charge in [-0.05, 0) is 66.2 Å². The number of hydrogen-bond acceptors (Lipinski definition) is 5. The molecule has 7 rings (SSSR count). The van der Waals surface area contributed by atoms with Crippen molar-refractivity contribution in [3.05, 3.63) is 53.6 Å². The lowest BCUT2D eigenvalue weighted by Crippen LogP contribution is -2.36. The minimum absolute atomic E-state index is 0.0363. The van der Waals surface area contributed by atoms with E-state index in [0.29, 0.717) is 29.0 Å². The van der Waals surface area contributed by atoms with Gasteiger partial charge in [-0.1, -0.05) is 6.07 Å². The van der Waals surface area contributed by atoms with Crippen molar-refractivity contribution in [1.29, 1.82) is 0 Å². The van der Waals surface area contributed by atoms with Gasteiger partial charge in [0.15, 0.2) is 6.73 Å². The molecule has 0 saturated heterocycles. The van der Waals surface area contributed by atoms with E-state index in [4.69, 9.17) is 9.79 Å². The highest BCUT2D eigenvalue weighted by molar-refractivity contribution is 7.46. The second-order valence-corrected chi connectivity index (χ2v) is 11.0. The van der Waals surface area contributed by atoms with E-state index in [9.17, 15) is 4.57 Å². The average Bonchev–Trinajstić information content (AvgIpc) is 3.59. The molecule has 2 bridgehead atoms. The van der Waals surface area contributed by atoms with Gasteiger partial charge in [-0.2, -0.15) is 10.2 Å². The molecule has 34 heavy (non-hydrogen) atoms. The van der Waals surface area contributed by atoms with Crippen LogP contribution in [-0.2, 0) is 15.8 Å². The van der Waals surface area contributed by atoms with Crippen LogP contribution < -0.4 is 5.32 Å². The van der Waals surface area contributed by atoms with Crippen molar-refractivity contribution in [3.8, 4) is 0 Å². The summed E-state index contributed by atoms with van der Waals surface area (Å²) < 4.78 is 32.4. The molecule has 0 radical (unpaired) electrons. The fraction of sp³-hybridized carbons (Fsp3) is 0.391. The highest BCUT2D eigenvalue weighted by atomic mass is 31.2. The zero-order chi connectivity index (χ0) is 23.2. The van der Waals surface area contributed by atoms with Gasteiger partial charge in [-0.15, -0.1) is 0 Å². The maximum absolute atomic E-state index is 15.3. The van der Waals surface area contributed by atoms with Gasteiger partial charge in [0.1, 0.15) is 5.82 Å². The van der Waals surface area contributed by atoms with Gasteiger partial charge in [-0.25, -0.2) is 13.6 Å². The topological polar surface area (TPSA) is 125 Å². The maximum atomic E-state index is 15.3. The third kappa shape index (κ3) is 2.99. The summed E-state index contributed by atoms with van der Waals surface area (Å²) in [6.45, 7) is -0.345. The Morgan fingerprint density at radius 2 is 2.06 bits per heavy atom. The molecule has 0 spiro atoms. The van der Waals surface area contributed by atoms with Crippen LogP contribution in [0.15, 0.2) is 36.7 Å². The second-order valence-electron chi connectivity index (χ2n) is 9.75. The van der Waals surface area contributed by atoms with E-state index in [-0.39, 0.29) is 24.5 Å². The predicted molar refractivity (Wildman–Crippen MR) is 122 cm³/mol. The van der Waals surface area contributed by atoms with Crippen LogP contribution in [0.2, 0.25) is 0 Å². The number of H-pyrrole nitrogens is 1. The standard InChI is InChI=1S/C23H23FN5O4P/c24-16-7-17-15(9-25-28-17)21-19-11-1-2-12(5-11)20(19)22(27-23(16)21)13-3-4-18-14(6-13)8-26-29(18)10-33-34(30,31)32/h3-4,6-9,11-12,19-20,22,27H,1-2,5,10H2,(H,25,28)(H2,30,31,32)/t11?,12?,19-,20+,22-/m0/s1. The monoisotopic (exact) mass is 483 g/mol. The Labute approximate surface area is 193 Å². The van der Waals surface area contributed by atoms with Crippen LogP contribution in [0, 0.1) is 23.6 Å².